The van der Waals surface area contributed by atoms with Gasteiger partial charge in [-0.1, -0.05) is 19.9 Å². The molecule has 0 amide bonds. The van der Waals surface area contributed by atoms with E-state index in [4.69, 9.17) is 0 Å². The van der Waals surface area contributed by atoms with Crippen LogP contribution in [0.3, 0.4) is 0 Å². The first-order valence-electron chi connectivity index (χ1n) is 2.93. The molecule has 2 heteroatoms. The summed E-state index contributed by atoms with van der Waals surface area (Å²) in [5.41, 5.74) is 0. The Balaban J connectivity index is 3.86. The van der Waals surface area contributed by atoms with Gasteiger partial charge in [0.05, 0.1) is 5.92 Å². The maximum absolute atomic E-state index is 10.1. The Hall–Kier alpha value is -0.790. The number of hydrogen-bond donors (Lipinski definition) is 0. The molecule has 0 saturated heterocycles. The first kappa shape index (κ1) is 8.21. The van der Waals surface area contributed by atoms with Crippen LogP contribution in [-0.4, -0.2) is 5.97 Å². The molecule has 9 heavy (non-hydrogen) atoms. The molecule has 0 aliphatic heterocycles. The van der Waals surface area contributed by atoms with Crippen LogP contribution in [0.15, 0.2) is 12.7 Å². The third-order valence-corrected chi connectivity index (χ3v) is 1.53. The molecule has 2 nitrogen and oxygen atoms in total. The highest BCUT2D eigenvalue weighted by Crippen LogP contribution is 2.10. The van der Waals surface area contributed by atoms with Gasteiger partial charge < -0.3 is 0 Å². The zero-order chi connectivity index (χ0) is 7.44. The molecule has 0 spiro atoms. The highest BCUT2D eigenvalue weighted by atomic mass is 16.4. The number of allylic oxidation sites excluding steroid dienone is 1. The van der Waals surface area contributed by atoms with Gasteiger partial charge in [0.2, 0.25) is 0 Å². The zero-order valence-electron chi connectivity index (χ0n) is 5.76. The lowest BCUT2D eigenvalue weighted by Gasteiger charge is -2.07. The lowest BCUT2D eigenvalue weighted by atomic mass is 9.97. The van der Waals surface area contributed by atoms with E-state index < -0.39 is 11.9 Å². The van der Waals surface area contributed by atoms with Crippen LogP contribution in [-0.2, 0) is 9.90 Å². The number of carbonyl (C=O) groups is 1. The lowest BCUT2D eigenvalue weighted by molar-refractivity contribution is -0.148. The molecule has 0 fully saturated rings. The van der Waals surface area contributed by atoms with E-state index in [1.54, 1.807) is 19.9 Å². The lowest BCUT2D eigenvalue weighted by Crippen LogP contribution is -2.14. The van der Waals surface area contributed by atoms with Gasteiger partial charge in [0.25, 0.3) is 0 Å². The van der Waals surface area contributed by atoms with Gasteiger partial charge in [0.1, 0.15) is 0 Å². The monoisotopic (exact) mass is 127 g/mol. The smallest absolute Gasteiger partial charge is 0.247 e. The van der Waals surface area contributed by atoms with Crippen molar-refractivity contribution in [3.63, 3.8) is 0 Å². The van der Waals surface area contributed by atoms with E-state index in [9.17, 15) is 9.90 Å². The minimum Gasteiger partial charge on any atom is -0.247 e. The minimum absolute atomic E-state index is 0.00463. The Morgan fingerprint density at radius 3 is 2.11 bits per heavy atom. The van der Waals surface area contributed by atoms with Crippen molar-refractivity contribution in [2.75, 3.05) is 0 Å². The standard InChI is InChI=1S/C7H11O2/c1-4-5(2)6(3)7(8)9/h4-6H,1H2,2-3H3. The minimum atomic E-state index is -1.01. The predicted octanol–water partition coefficient (Wildman–Crippen LogP) is 1.40. The number of rotatable bonds is 3. The normalized spacial score (nSPS) is 16.2. The molecule has 0 heterocycles. The maximum Gasteiger partial charge on any atom is 0.358 e. The summed E-state index contributed by atoms with van der Waals surface area (Å²) in [5, 5.41) is 10.1. The third-order valence-electron chi connectivity index (χ3n) is 1.53. The highest BCUT2D eigenvalue weighted by Gasteiger charge is 2.17. The van der Waals surface area contributed by atoms with E-state index in [-0.39, 0.29) is 5.92 Å². The SMILES string of the molecule is C=CC(C)C(C)C([O])=O. The summed E-state index contributed by atoms with van der Waals surface area (Å²) >= 11 is 0. The molecule has 0 bridgehead atoms. The van der Waals surface area contributed by atoms with Crippen LogP contribution in [0, 0.1) is 11.8 Å². The van der Waals surface area contributed by atoms with Crippen LogP contribution in [0.5, 0.6) is 0 Å². The summed E-state index contributed by atoms with van der Waals surface area (Å²) in [5.74, 6) is -1.44. The summed E-state index contributed by atoms with van der Waals surface area (Å²) in [6.45, 7) is 6.88. The van der Waals surface area contributed by atoms with Crippen molar-refractivity contribution in [3.8, 4) is 0 Å². The summed E-state index contributed by atoms with van der Waals surface area (Å²) in [7, 11) is 0. The van der Waals surface area contributed by atoms with Crippen LogP contribution in [0.2, 0.25) is 0 Å². The van der Waals surface area contributed by atoms with Crippen molar-refractivity contribution in [2.45, 2.75) is 13.8 Å². The second kappa shape index (κ2) is 3.28. The van der Waals surface area contributed by atoms with E-state index in [0.717, 1.165) is 0 Å². The first-order valence-corrected chi connectivity index (χ1v) is 2.93. The molecule has 51 valence electrons. The molecule has 2 atom stereocenters. The van der Waals surface area contributed by atoms with E-state index in [1.807, 2.05) is 0 Å². The van der Waals surface area contributed by atoms with Crippen LogP contribution in [0.25, 0.3) is 0 Å². The van der Waals surface area contributed by atoms with E-state index in [2.05, 4.69) is 6.58 Å². The second-order valence-electron chi connectivity index (χ2n) is 2.20. The fourth-order valence-electron chi connectivity index (χ4n) is 0.419. The third kappa shape index (κ3) is 2.31. The first-order chi connectivity index (χ1) is 4.09. The van der Waals surface area contributed by atoms with Crippen LogP contribution < -0.4 is 0 Å². The number of carbonyl (C=O) groups excluding carboxylic acids is 1. The molecule has 0 aliphatic carbocycles. The Morgan fingerprint density at radius 1 is 1.56 bits per heavy atom. The van der Waals surface area contributed by atoms with Gasteiger partial charge in [-0.2, -0.15) is 0 Å². The topological polar surface area (TPSA) is 37.0 Å². The fraction of sp³-hybridized carbons (Fsp3) is 0.571. The molecule has 0 saturated carbocycles. The molecule has 0 aromatic rings. The summed E-state index contributed by atoms with van der Waals surface area (Å²) in [4.78, 5) is 10.1. The largest absolute Gasteiger partial charge is 0.358 e. The van der Waals surface area contributed by atoms with Gasteiger partial charge in [0.15, 0.2) is 0 Å². The average molecular weight is 127 g/mol. The van der Waals surface area contributed by atoms with Crippen molar-refractivity contribution in [3.05, 3.63) is 12.7 Å². The molecule has 0 aromatic heterocycles. The predicted molar refractivity (Wildman–Crippen MR) is 34.2 cm³/mol. The Labute approximate surface area is 55.2 Å². The Kier molecular flexibility index (Phi) is 2.99. The molecular formula is C7H11O2. The van der Waals surface area contributed by atoms with Crippen LogP contribution in [0.1, 0.15) is 13.8 Å². The summed E-state index contributed by atoms with van der Waals surface area (Å²) < 4.78 is 0. The molecule has 0 N–H and O–H groups in total. The van der Waals surface area contributed by atoms with Gasteiger partial charge in [-0.25, -0.2) is 9.90 Å². The summed E-state index contributed by atoms with van der Waals surface area (Å²) in [6.07, 6.45) is 1.61. The highest BCUT2D eigenvalue weighted by molar-refractivity contribution is 5.69. The average Bonchev–Trinajstić information content (AvgIpc) is 1.84. The molecule has 1 radical (unpaired) electrons. The van der Waals surface area contributed by atoms with Crippen molar-refractivity contribution >= 4 is 5.97 Å². The van der Waals surface area contributed by atoms with Crippen LogP contribution in [0.4, 0.5) is 0 Å². The maximum atomic E-state index is 10.1. The molecular weight excluding hydrogens is 116 g/mol. The quantitative estimate of drug-likeness (QED) is 0.528. The van der Waals surface area contributed by atoms with Crippen molar-refractivity contribution in [1.29, 1.82) is 0 Å². The van der Waals surface area contributed by atoms with Gasteiger partial charge >= 0.3 is 5.97 Å². The van der Waals surface area contributed by atoms with E-state index in [1.165, 1.54) is 0 Å². The molecule has 0 aromatic carbocycles. The summed E-state index contributed by atoms with van der Waals surface area (Å²) in [6, 6.07) is 0. The fourth-order valence-corrected chi connectivity index (χ4v) is 0.419. The van der Waals surface area contributed by atoms with Crippen molar-refractivity contribution in [2.24, 2.45) is 11.8 Å². The molecule has 2 unspecified atom stereocenters. The second-order valence-corrected chi connectivity index (χ2v) is 2.20. The Morgan fingerprint density at radius 2 is 2.00 bits per heavy atom. The zero-order valence-corrected chi connectivity index (χ0v) is 5.76. The van der Waals surface area contributed by atoms with Crippen LogP contribution >= 0.6 is 0 Å². The van der Waals surface area contributed by atoms with Gasteiger partial charge in [-0.15, -0.1) is 6.58 Å². The van der Waals surface area contributed by atoms with Gasteiger partial charge in [0, 0.05) is 0 Å². The molecule has 0 aliphatic rings. The number of hydrogen-bond acceptors (Lipinski definition) is 1. The molecule has 0 rings (SSSR count). The van der Waals surface area contributed by atoms with Gasteiger partial charge in [-0.05, 0) is 5.92 Å². The van der Waals surface area contributed by atoms with Crippen molar-refractivity contribution in [1.82, 2.24) is 0 Å². The van der Waals surface area contributed by atoms with E-state index in [0.29, 0.717) is 0 Å². The Bertz CT molecular complexity index is 118. The van der Waals surface area contributed by atoms with Crippen molar-refractivity contribution < 1.29 is 9.90 Å². The van der Waals surface area contributed by atoms with E-state index >= 15 is 0 Å². The van der Waals surface area contributed by atoms with Gasteiger partial charge in [-0.3, -0.25) is 0 Å².